The molecule has 0 unspecified atom stereocenters. The Bertz CT molecular complexity index is 1360. The fourth-order valence-electron chi connectivity index (χ4n) is 3.99. The third-order valence-electron chi connectivity index (χ3n) is 5.86. The maximum Gasteiger partial charge on any atom is 0.341 e. The van der Waals surface area contributed by atoms with Crippen molar-refractivity contribution < 1.29 is 14.3 Å². The Morgan fingerprint density at radius 3 is 2.85 bits per heavy atom. The zero-order valence-electron chi connectivity index (χ0n) is 19.4. The number of aromatic nitrogens is 5. The van der Waals surface area contributed by atoms with Crippen LogP contribution >= 0.6 is 0 Å². The van der Waals surface area contributed by atoms with E-state index in [0.717, 1.165) is 17.4 Å². The number of hydrogen-bond donors (Lipinski definition) is 1. The molecule has 1 N–H and O–H groups in total. The minimum atomic E-state index is -0.466. The van der Waals surface area contributed by atoms with Gasteiger partial charge in [-0.05, 0) is 44.2 Å². The Balaban J connectivity index is 1.57. The molecule has 0 atom stereocenters. The monoisotopic (exact) mass is 458 g/mol. The number of esters is 1. The molecule has 1 aliphatic carbocycles. The third-order valence-corrected chi connectivity index (χ3v) is 5.86. The lowest BCUT2D eigenvalue weighted by molar-refractivity contribution is 0.0527. The maximum atomic E-state index is 12.4. The molecule has 3 heterocycles. The summed E-state index contributed by atoms with van der Waals surface area (Å²) in [5.74, 6) is 1.54. The average Bonchev–Trinajstić information content (AvgIpc) is 3.58. The van der Waals surface area contributed by atoms with Crippen LogP contribution in [-0.2, 0) is 11.3 Å². The van der Waals surface area contributed by atoms with Gasteiger partial charge in [0.2, 0.25) is 0 Å². The highest BCUT2D eigenvalue weighted by Gasteiger charge is 2.25. The van der Waals surface area contributed by atoms with E-state index in [9.17, 15) is 4.79 Å². The quantitative estimate of drug-likeness (QED) is 0.384. The number of para-hydroxylation sites is 1. The lowest BCUT2D eigenvalue weighted by atomic mass is 10.1. The summed E-state index contributed by atoms with van der Waals surface area (Å²) in [6.07, 6.45) is 7.15. The Labute approximate surface area is 197 Å². The molecule has 9 heteroatoms. The van der Waals surface area contributed by atoms with Crippen molar-refractivity contribution in [2.45, 2.75) is 33.2 Å². The van der Waals surface area contributed by atoms with Crippen LogP contribution in [0.5, 0.6) is 5.75 Å². The van der Waals surface area contributed by atoms with Crippen LogP contribution in [0.1, 0.15) is 35.7 Å². The van der Waals surface area contributed by atoms with E-state index >= 15 is 0 Å². The summed E-state index contributed by atoms with van der Waals surface area (Å²) in [5.41, 5.74) is 3.81. The number of methoxy groups -OCH3 is 1. The van der Waals surface area contributed by atoms with Crippen LogP contribution in [0, 0.1) is 12.8 Å². The second-order valence-electron chi connectivity index (χ2n) is 8.32. The smallest absolute Gasteiger partial charge is 0.341 e. The molecule has 0 spiro atoms. The molecular weight excluding hydrogens is 432 g/mol. The lowest BCUT2D eigenvalue weighted by Crippen LogP contribution is -2.09. The summed E-state index contributed by atoms with van der Waals surface area (Å²) in [5, 5.41) is 9.12. The highest BCUT2D eigenvalue weighted by molar-refractivity contribution is 5.96. The first-order chi connectivity index (χ1) is 16.6. The first kappa shape index (κ1) is 21.8. The van der Waals surface area contributed by atoms with Crippen LogP contribution in [-0.4, -0.2) is 44.4 Å². The molecule has 0 radical (unpaired) electrons. The molecular formula is C25H26N6O3. The number of carbonyl (C=O) groups excluding carboxylic acids is 1. The van der Waals surface area contributed by atoms with Crippen LogP contribution in [0.15, 0.2) is 42.9 Å². The van der Waals surface area contributed by atoms with Crippen molar-refractivity contribution in [3.8, 4) is 17.3 Å². The number of aryl methyl sites for hydroxylation is 1. The second kappa shape index (κ2) is 9.09. The first-order valence-electron chi connectivity index (χ1n) is 11.3. The van der Waals surface area contributed by atoms with E-state index in [1.807, 2.05) is 6.07 Å². The zero-order chi connectivity index (χ0) is 23.7. The second-order valence-corrected chi connectivity index (χ2v) is 8.32. The molecule has 0 bridgehead atoms. The van der Waals surface area contributed by atoms with Gasteiger partial charge in [0.15, 0.2) is 17.4 Å². The highest BCUT2D eigenvalue weighted by atomic mass is 16.5. The van der Waals surface area contributed by atoms with E-state index in [0.29, 0.717) is 40.3 Å². The van der Waals surface area contributed by atoms with Gasteiger partial charge in [0.05, 0.1) is 31.1 Å². The third kappa shape index (κ3) is 4.16. The van der Waals surface area contributed by atoms with Crippen LogP contribution in [0.25, 0.3) is 22.4 Å². The van der Waals surface area contributed by atoms with Crippen LogP contribution in [0.3, 0.4) is 0 Å². The predicted molar refractivity (Wildman–Crippen MR) is 128 cm³/mol. The van der Waals surface area contributed by atoms with Crippen molar-refractivity contribution in [1.29, 1.82) is 0 Å². The molecule has 3 aromatic heterocycles. The predicted octanol–water partition coefficient (Wildman–Crippen LogP) is 4.54. The van der Waals surface area contributed by atoms with Crippen molar-refractivity contribution in [2.75, 3.05) is 19.0 Å². The number of anilines is 2. The summed E-state index contributed by atoms with van der Waals surface area (Å²) in [6.45, 7) is 5.02. The van der Waals surface area contributed by atoms with Crippen LogP contribution in [0.2, 0.25) is 0 Å². The Hall–Kier alpha value is -4.01. The van der Waals surface area contributed by atoms with Crippen molar-refractivity contribution in [2.24, 2.45) is 5.92 Å². The molecule has 174 valence electrons. The molecule has 9 nitrogen and oxygen atoms in total. The summed E-state index contributed by atoms with van der Waals surface area (Å²) in [6, 6.07) is 7.86. The van der Waals surface area contributed by atoms with Gasteiger partial charge in [0.25, 0.3) is 0 Å². The fourth-order valence-corrected chi connectivity index (χ4v) is 3.99. The molecule has 34 heavy (non-hydrogen) atoms. The first-order valence-corrected chi connectivity index (χ1v) is 11.3. The van der Waals surface area contributed by atoms with E-state index in [4.69, 9.17) is 19.6 Å². The molecule has 1 fully saturated rings. The summed E-state index contributed by atoms with van der Waals surface area (Å²) in [4.78, 5) is 25.7. The fraction of sp³-hybridized carbons (Fsp3) is 0.320. The number of fused-ring (bicyclic) bond motifs is 1. The largest absolute Gasteiger partial charge is 0.491 e. The molecule has 0 aliphatic heterocycles. The Morgan fingerprint density at radius 1 is 1.24 bits per heavy atom. The van der Waals surface area contributed by atoms with Crippen molar-refractivity contribution in [3.63, 3.8) is 0 Å². The summed E-state index contributed by atoms with van der Waals surface area (Å²) < 4.78 is 12.7. The number of pyridine rings is 1. The van der Waals surface area contributed by atoms with Crippen LogP contribution in [0.4, 0.5) is 11.5 Å². The van der Waals surface area contributed by atoms with E-state index < -0.39 is 5.97 Å². The number of benzene rings is 1. The number of nitrogens with one attached hydrogen (secondary N) is 1. The lowest BCUT2D eigenvalue weighted by Gasteiger charge is -2.13. The van der Waals surface area contributed by atoms with Crippen LogP contribution < -0.4 is 10.1 Å². The number of hydrogen-bond acceptors (Lipinski definition) is 8. The molecule has 1 saturated carbocycles. The average molecular weight is 459 g/mol. The van der Waals surface area contributed by atoms with Crippen molar-refractivity contribution in [3.05, 3.63) is 54.0 Å². The minimum Gasteiger partial charge on any atom is -0.491 e. The molecule has 1 aliphatic rings. The Kier molecular flexibility index (Phi) is 5.83. The van der Waals surface area contributed by atoms with Gasteiger partial charge in [0, 0.05) is 24.3 Å². The van der Waals surface area contributed by atoms with Gasteiger partial charge < -0.3 is 14.8 Å². The maximum absolute atomic E-state index is 12.4. The summed E-state index contributed by atoms with van der Waals surface area (Å²) in [7, 11) is 1.55. The molecule has 5 rings (SSSR count). The Morgan fingerprint density at radius 2 is 2.09 bits per heavy atom. The number of ether oxygens (including phenoxy) is 2. The molecule has 0 saturated heterocycles. The van der Waals surface area contributed by atoms with E-state index in [-0.39, 0.29) is 6.61 Å². The number of carbonyl (C=O) groups is 1. The number of nitrogens with zero attached hydrogens (tertiary/aromatic N) is 5. The normalized spacial score (nSPS) is 13.1. The SMILES string of the molecule is CCOC(=O)c1cnccc1Nc1nc(-c2nn(CC3CC3)c3c(C)cccc23)ncc1OC. The topological polar surface area (TPSA) is 104 Å². The minimum absolute atomic E-state index is 0.268. The van der Waals surface area contributed by atoms with Gasteiger partial charge in [-0.25, -0.2) is 14.8 Å². The van der Waals surface area contributed by atoms with E-state index in [2.05, 4.69) is 39.0 Å². The molecule has 1 aromatic carbocycles. The van der Waals surface area contributed by atoms with Gasteiger partial charge in [-0.1, -0.05) is 18.2 Å². The van der Waals surface area contributed by atoms with Gasteiger partial charge in [-0.2, -0.15) is 5.10 Å². The van der Waals surface area contributed by atoms with E-state index in [1.165, 1.54) is 24.6 Å². The zero-order valence-corrected chi connectivity index (χ0v) is 19.4. The molecule has 0 amide bonds. The standard InChI is InChI=1S/C25H26N6O3/c1-4-34-25(32)18-12-26-11-10-19(18)28-23-20(33-3)13-27-24(29-23)21-17-7-5-6-15(2)22(17)31(30-21)14-16-8-9-16/h5-7,10-13,16H,4,8-9,14H2,1-3H3,(H,26,27,28,29). The molecule has 4 aromatic rings. The number of rotatable bonds is 8. The van der Waals surface area contributed by atoms with Crippen molar-refractivity contribution >= 4 is 28.4 Å². The van der Waals surface area contributed by atoms with Gasteiger partial charge in [0.1, 0.15) is 11.3 Å². The van der Waals surface area contributed by atoms with Gasteiger partial charge >= 0.3 is 5.97 Å². The van der Waals surface area contributed by atoms with E-state index in [1.54, 1.807) is 32.5 Å². The summed E-state index contributed by atoms with van der Waals surface area (Å²) >= 11 is 0. The van der Waals surface area contributed by atoms with Gasteiger partial charge in [-0.3, -0.25) is 9.67 Å². The van der Waals surface area contributed by atoms with Gasteiger partial charge in [-0.15, -0.1) is 0 Å². The van der Waals surface area contributed by atoms with Crippen molar-refractivity contribution in [1.82, 2.24) is 24.7 Å². The highest BCUT2D eigenvalue weighted by Crippen LogP contribution is 2.35.